The van der Waals surface area contributed by atoms with E-state index in [2.05, 4.69) is 4.90 Å². The Kier molecular flexibility index (Phi) is 3.98. The van der Waals surface area contributed by atoms with Crippen LogP contribution in [0.4, 0.5) is 24.5 Å². The Morgan fingerprint density at radius 3 is 2.57 bits per heavy atom. The first-order valence-corrected chi connectivity index (χ1v) is 7.23. The normalized spacial score (nSPS) is 13.8. The van der Waals surface area contributed by atoms with Gasteiger partial charge in [0, 0.05) is 24.5 Å². The summed E-state index contributed by atoms with van der Waals surface area (Å²) in [6, 6.07) is 14.7. The largest absolute Gasteiger partial charge is 0.471 e. The van der Waals surface area contributed by atoms with Crippen LogP contribution in [0.2, 0.25) is 0 Å². The molecule has 1 N–H and O–H groups in total. The summed E-state index contributed by atoms with van der Waals surface area (Å²) in [5.74, 6) is -1.95. The van der Waals surface area contributed by atoms with Gasteiger partial charge >= 0.3 is 12.1 Å². The summed E-state index contributed by atoms with van der Waals surface area (Å²) in [7, 11) is 0. The van der Waals surface area contributed by atoms with Gasteiger partial charge in [0.15, 0.2) is 0 Å². The van der Waals surface area contributed by atoms with E-state index < -0.39 is 12.1 Å². The Bertz CT molecular complexity index is 714. The lowest BCUT2D eigenvalue weighted by atomic mass is 10.1. The molecule has 1 amide bonds. The number of hydrogen-bond donors (Lipinski definition) is 1. The summed E-state index contributed by atoms with van der Waals surface area (Å²) in [4.78, 5) is 13.2. The van der Waals surface area contributed by atoms with Crippen LogP contribution in [0.25, 0.3) is 0 Å². The van der Waals surface area contributed by atoms with Gasteiger partial charge < -0.3 is 10.2 Å². The van der Waals surface area contributed by atoms with Gasteiger partial charge in [-0.05, 0) is 29.7 Å². The van der Waals surface area contributed by atoms with Gasteiger partial charge in [-0.1, -0.05) is 36.4 Å². The molecule has 0 aliphatic carbocycles. The molecule has 6 heteroatoms. The van der Waals surface area contributed by atoms with Crippen molar-refractivity contribution < 1.29 is 18.0 Å². The maximum absolute atomic E-state index is 12.4. The van der Waals surface area contributed by atoms with Crippen LogP contribution >= 0.6 is 0 Å². The molecule has 1 aliphatic heterocycles. The number of halogens is 3. The van der Waals surface area contributed by atoms with E-state index in [1.165, 1.54) is 6.07 Å². The quantitative estimate of drug-likeness (QED) is 0.934. The van der Waals surface area contributed by atoms with Crippen molar-refractivity contribution in [3.63, 3.8) is 0 Å². The molecule has 0 fully saturated rings. The van der Waals surface area contributed by atoms with Crippen molar-refractivity contribution >= 4 is 17.3 Å². The van der Waals surface area contributed by atoms with Crippen LogP contribution in [0.15, 0.2) is 48.5 Å². The van der Waals surface area contributed by atoms with Gasteiger partial charge in [-0.25, -0.2) is 0 Å². The molecule has 0 aromatic heterocycles. The fraction of sp³-hybridized carbons (Fsp3) is 0.235. The smallest absolute Gasteiger partial charge is 0.367 e. The predicted octanol–water partition coefficient (Wildman–Crippen LogP) is 3.75. The summed E-state index contributed by atoms with van der Waals surface area (Å²) in [5, 5.41) is 1.91. The lowest BCUT2D eigenvalue weighted by molar-refractivity contribution is -0.167. The standard InChI is InChI=1S/C17H15F3N2O/c18-17(19,20)16(23)21-14-7-6-13-8-9-22(15(13)10-14)11-12-4-2-1-3-5-12/h1-7,10H,8-9,11H2,(H,21,23). The minimum atomic E-state index is -4.89. The van der Waals surface area contributed by atoms with Crippen molar-refractivity contribution in [2.24, 2.45) is 0 Å². The number of fused-ring (bicyclic) bond motifs is 1. The molecule has 23 heavy (non-hydrogen) atoms. The van der Waals surface area contributed by atoms with E-state index in [0.717, 1.165) is 29.8 Å². The van der Waals surface area contributed by atoms with Gasteiger partial charge in [-0.3, -0.25) is 4.79 Å². The number of carbonyl (C=O) groups is 1. The highest BCUT2D eigenvalue weighted by atomic mass is 19.4. The zero-order chi connectivity index (χ0) is 16.4. The van der Waals surface area contributed by atoms with E-state index in [-0.39, 0.29) is 5.69 Å². The lowest BCUT2D eigenvalue weighted by Crippen LogP contribution is -2.30. The molecule has 2 aromatic rings. The number of benzene rings is 2. The van der Waals surface area contributed by atoms with Crippen LogP contribution in [0.5, 0.6) is 0 Å². The van der Waals surface area contributed by atoms with Gasteiger partial charge in [-0.15, -0.1) is 0 Å². The Morgan fingerprint density at radius 1 is 1.13 bits per heavy atom. The van der Waals surface area contributed by atoms with Crippen molar-refractivity contribution in [1.29, 1.82) is 0 Å². The Hall–Kier alpha value is -2.50. The average Bonchev–Trinajstić information content (AvgIpc) is 2.90. The second-order valence-electron chi connectivity index (χ2n) is 5.45. The van der Waals surface area contributed by atoms with Crippen LogP contribution in [-0.2, 0) is 17.8 Å². The molecule has 3 nitrogen and oxygen atoms in total. The van der Waals surface area contributed by atoms with Crippen molar-refractivity contribution in [2.45, 2.75) is 19.1 Å². The highest BCUT2D eigenvalue weighted by molar-refractivity contribution is 5.95. The molecular weight excluding hydrogens is 305 g/mol. The lowest BCUT2D eigenvalue weighted by Gasteiger charge is -2.20. The number of nitrogens with one attached hydrogen (secondary N) is 1. The first-order chi connectivity index (χ1) is 10.9. The van der Waals surface area contributed by atoms with E-state index in [0.29, 0.717) is 6.54 Å². The molecule has 2 aromatic carbocycles. The molecule has 3 rings (SSSR count). The molecule has 0 saturated carbocycles. The Balaban J connectivity index is 1.79. The second kappa shape index (κ2) is 5.95. The molecule has 0 bridgehead atoms. The van der Waals surface area contributed by atoms with Gasteiger partial charge in [0.25, 0.3) is 0 Å². The first-order valence-electron chi connectivity index (χ1n) is 7.23. The monoisotopic (exact) mass is 320 g/mol. The van der Waals surface area contributed by atoms with Crippen LogP contribution in [0.3, 0.4) is 0 Å². The molecule has 0 saturated heterocycles. The summed E-state index contributed by atoms with van der Waals surface area (Å²) in [6.45, 7) is 1.49. The molecule has 0 spiro atoms. The van der Waals surface area contributed by atoms with Crippen molar-refractivity contribution in [1.82, 2.24) is 0 Å². The molecule has 120 valence electrons. The molecule has 0 radical (unpaired) electrons. The van der Waals surface area contributed by atoms with E-state index in [1.54, 1.807) is 12.1 Å². The highest BCUT2D eigenvalue weighted by Crippen LogP contribution is 2.32. The maximum Gasteiger partial charge on any atom is 0.471 e. The number of alkyl halides is 3. The van der Waals surface area contributed by atoms with E-state index in [9.17, 15) is 18.0 Å². The number of nitrogens with zero attached hydrogens (tertiary/aromatic N) is 1. The van der Waals surface area contributed by atoms with Gasteiger partial charge in [0.05, 0.1) is 0 Å². The fourth-order valence-corrected chi connectivity index (χ4v) is 2.69. The third-order valence-electron chi connectivity index (χ3n) is 3.81. The minimum absolute atomic E-state index is 0.158. The minimum Gasteiger partial charge on any atom is -0.367 e. The number of carbonyl (C=O) groups excluding carboxylic acids is 1. The molecule has 0 unspecified atom stereocenters. The zero-order valence-electron chi connectivity index (χ0n) is 12.2. The number of rotatable bonds is 3. The molecule has 1 aliphatic rings. The van der Waals surface area contributed by atoms with E-state index in [1.807, 2.05) is 35.6 Å². The fourth-order valence-electron chi connectivity index (χ4n) is 2.69. The number of hydrogen-bond acceptors (Lipinski definition) is 2. The average molecular weight is 320 g/mol. The van der Waals surface area contributed by atoms with Gasteiger partial charge in [0.2, 0.25) is 0 Å². The summed E-state index contributed by atoms with van der Waals surface area (Å²) < 4.78 is 37.1. The second-order valence-corrected chi connectivity index (χ2v) is 5.45. The molecular formula is C17H15F3N2O. The SMILES string of the molecule is O=C(Nc1ccc2c(c1)N(Cc1ccccc1)CC2)C(F)(F)F. The van der Waals surface area contributed by atoms with Crippen LogP contribution in [-0.4, -0.2) is 18.6 Å². The van der Waals surface area contributed by atoms with E-state index >= 15 is 0 Å². The zero-order valence-corrected chi connectivity index (χ0v) is 12.2. The summed E-state index contributed by atoms with van der Waals surface area (Å²) in [6.07, 6.45) is -4.04. The number of amides is 1. The van der Waals surface area contributed by atoms with E-state index in [4.69, 9.17) is 0 Å². The third kappa shape index (κ3) is 3.47. The third-order valence-corrected chi connectivity index (χ3v) is 3.81. The van der Waals surface area contributed by atoms with Crippen LogP contribution in [0.1, 0.15) is 11.1 Å². The Morgan fingerprint density at radius 2 is 1.87 bits per heavy atom. The Labute approximate surface area is 131 Å². The van der Waals surface area contributed by atoms with Gasteiger partial charge in [-0.2, -0.15) is 13.2 Å². The van der Waals surface area contributed by atoms with Crippen LogP contribution in [0, 0.1) is 0 Å². The van der Waals surface area contributed by atoms with Gasteiger partial charge in [0.1, 0.15) is 0 Å². The number of anilines is 2. The van der Waals surface area contributed by atoms with Crippen LogP contribution < -0.4 is 10.2 Å². The molecule has 0 atom stereocenters. The van der Waals surface area contributed by atoms with Crippen molar-refractivity contribution in [3.8, 4) is 0 Å². The first kappa shape index (κ1) is 15.4. The maximum atomic E-state index is 12.4. The molecule has 1 heterocycles. The summed E-state index contributed by atoms with van der Waals surface area (Å²) in [5.41, 5.74) is 3.23. The summed E-state index contributed by atoms with van der Waals surface area (Å²) >= 11 is 0. The van der Waals surface area contributed by atoms with Crippen molar-refractivity contribution in [3.05, 3.63) is 59.7 Å². The topological polar surface area (TPSA) is 32.3 Å². The van der Waals surface area contributed by atoms with Crippen molar-refractivity contribution in [2.75, 3.05) is 16.8 Å². The highest BCUT2D eigenvalue weighted by Gasteiger charge is 2.38. The predicted molar refractivity (Wildman–Crippen MR) is 82.3 cm³/mol.